The molecule has 0 aliphatic carbocycles. The number of allylic oxidation sites excluding steroid dienone is 2. The van der Waals surface area contributed by atoms with Gasteiger partial charge in [-0.3, -0.25) is 4.98 Å². The molecule has 23 heavy (non-hydrogen) atoms. The lowest BCUT2D eigenvalue weighted by molar-refractivity contribution is -0.131. The molecule has 1 aromatic rings. The maximum Gasteiger partial charge on any atom is 0.344 e. The van der Waals surface area contributed by atoms with Gasteiger partial charge in [-0.1, -0.05) is 24.4 Å². The number of thioether (sulfide) groups is 2. The zero-order valence-electron chi connectivity index (χ0n) is 13.1. The quantitative estimate of drug-likeness (QED) is 0.868. The Kier molecular flexibility index (Phi) is 5.33. The molecule has 1 aliphatic heterocycles. The van der Waals surface area contributed by atoms with Gasteiger partial charge in [0.1, 0.15) is 9.95 Å². The van der Waals surface area contributed by atoms with Crippen molar-refractivity contribution in [1.82, 2.24) is 4.98 Å². The highest BCUT2D eigenvalue weighted by atomic mass is 32.2. The van der Waals surface area contributed by atoms with Crippen LogP contribution in [0.4, 0.5) is 0 Å². The summed E-state index contributed by atoms with van der Waals surface area (Å²) in [6, 6.07) is 5.67. The van der Waals surface area contributed by atoms with Crippen molar-refractivity contribution in [3.8, 4) is 0 Å². The predicted octanol–water partition coefficient (Wildman–Crippen LogP) is 3.40. The van der Waals surface area contributed by atoms with E-state index in [0.717, 1.165) is 28.7 Å². The highest BCUT2D eigenvalue weighted by molar-refractivity contribution is 8.19. The molecule has 0 spiro atoms. The van der Waals surface area contributed by atoms with Gasteiger partial charge in [-0.2, -0.15) is 0 Å². The first-order valence-corrected chi connectivity index (χ1v) is 8.77. The number of aryl methyl sites for hydroxylation is 1. The third-order valence-electron chi connectivity index (χ3n) is 3.23. The van der Waals surface area contributed by atoms with Crippen LogP contribution in [0.2, 0.25) is 0 Å². The van der Waals surface area contributed by atoms with Gasteiger partial charge < -0.3 is 10.8 Å². The fraction of sp³-hybridized carbons (Fsp3) is 0.188. The molecule has 5 nitrogen and oxygen atoms in total. The second-order valence-corrected chi connectivity index (χ2v) is 6.71. The Morgan fingerprint density at radius 3 is 2.74 bits per heavy atom. The monoisotopic (exact) mass is 347 g/mol. The van der Waals surface area contributed by atoms with Crippen LogP contribution < -0.4 is 5.73 Å². The van der Waals surface area contributed by atoms with Crippen molar-refractivity contribution >= 4 is 40.1 Å². The number of carbonyl (C=O) groups is 1. The highest BCUT2D eigenvalue weighted by Crippen LogP contribution is 2.40. The summed E-state index contributed by atoms with van der Waals surface area (Å²) >= 11 is 2.45. The molecule has 2 heterocycles. The molecule has 0 aromatic carbocycles. The Labute approximate surface area is 143 Å². The summed E-state index contributed by atoms with van der Waals surface area (Å²) < 4.78 is 0. The van der Waals surface area contributed by atoms with Crippen molar-refractivity contribution in [1.29, 1.82) is 0 Å². The lowest BCUT2D eigenvalue weighted by Crippen LogP contribution is -2.08. The van der Waals surface area contributed by atoms with E-state index in [1.54, 1.807) is 0 Å². The van der Waals surface area contributed by atoms with Crippen molar-refractivity contribution in [2.45, 2.75) is 13.8 Å². The van der Waals surface area contributed by atoms with E-state index < -0.39 is 5.97 Å². The van der Waals surface area contributed by atoms with E-state index in [2.05, 4.69) is 16.6 Å². The molecular weight excluding hydrogens is 330 g/mol. The van der Waals surface area contributed by atoms with Gasteiger partial charge in [0.2, 0.25) is 0 Å². The Morgan fingerprint density at radius 2 is 2.17 bits per heavy atom. The molecule has 3 N–H and O–H groups in total. The number of aromatic nitrogens is 1. The summed E-state index contributed by atoms with van der Waals surface area (Å²) in [5, 5.41) is 10.5. The van der Waals surface area contributed by atoms with E-state index in [1.807, 2.05) is 38.3 Å². The van der Waals surface area contributed by atoms with Gasteiger partial charge >= 0.3 is 5.97 Å². The zero-order valence-corrected chi connectivity index (χ0v) is 14.7. The third-order valence-corrected chi connectivity index (χ3v) is 4.88. The van der Waals surface area contributed by atoms with E-state index in [-0.39, 0.29) is 10.6 Å². The van der Waals surface area contributed by atoms with Crippen LogP contribution in [0.5, 0.6) is 0 Å². The third kappa shape index (κ3) is 3.68. The number of carboxylic acids is 1. The molecule has 120 valence electrons. The number of nitrogens with zero attached hydrogens (tertiary/aromatic N) is 2. The Balaban J connectivity index is 2.65. The average Bonchev–Trinajstić information content (AvgIpc) is 2.83. The molecule has 2 rings (SSSR count). The van der Waals surface area contributed by atoms with E-state index in [1.165, 1.54) is 11.8 Å². The first-order chi connectivity index (χ1) is 10.8. The fourth-order valence-corrected chi connectivity index (χ4v) is 3.32. The second-order valence-electron chi connectivity index (χ2n) is 4.83. The zero-order chi connectivity index (χ0) is 17.1. The highest BCUT2D eigenvalue weighted by Gasteiger charge is 2.31. The molecule has 0 fully saturated rings. The van der Waals surface area contributed by atoms with Crippen LogP contribution in [-0.2, 0) is 4.79 Å². The summed E-state index contributed by atoms with van der Waals surface area (Å²) in [6.07, 6.45) is 1.86. The van der Waals surface area contributed by atoms with Crippen molar-refractivity contribution in [3.05, 3.63) is 57.4 Å². The molecule has 7 heteroatoms. The van der Waals surface area contributed by atoms with Crippen LogP contribution >= 0.6 is 23.5 Å². The maximum absolute atomic E-state index is 11.4. The lowest BCUT2D eigenvalue weighted by atomic mass is 10.0. The first-order valence-electron chi connectivity index (χ1n) is 6.73. The number of carboxylic acid groups (broad SMARTS) is 1. The van der Waals surface area contributed by atoms with Gasteiger partial charge in [0.15, 0.2) is 0 Å². The molecular formula is C16H17N3O2S2. The van der Waals surface area contributed by atoms with Crippen molar-refractivity contribution in [3.63, 3.8) is 0 Å². The van der Waals surface area contributed by atoms with Gasteiger partial charge in [0.25, 0.3) is 0 Å². The summed E-state index contributed by atoms with van der Waals surface area (Å²) in [4.78, 5) is 20.4. The molecule has 1 aromatic heterocycles. The van der Waals surface area contributed by atoms with Crippen molar-refractivity contribution < 1.29 is 9.90 Å². The Morgan fingerprint density at radius 1 is 1.48 bits per heavy atom. The maximum atomic E-state index is 11.4. The number of pyridine rings is 1. The number of aliphatic imine (C=N–C) groups is 1. The van der Waals surface area contributed by atoms with Crippen LogP contribution in [0.1, 0.15) is 18.3 Å². The largest absolute Gasteiger partial charge is 0.477 e. The van der Waals surface area contributed by atoms with Gasteiger partial charge in [0, 0.05) is 11.3 Å². The van der Waals surface area contributed by atoms with E-state index in [0.29, 0.717) is 15.6 Å². The average molecular weight is 347 g/mol. The number of rotatable bonds is 4. The molecule has 1 aliphatic rings. The first kappa shape index (κ1) is 17.4. The van der Waals surface area contributed by atoms with E-state index >= 15 is 0 Å². The van der Waals surface area contributed by atoms with Crippen LogP contribution in [0.25, 0.3) is 5.57 Å². The summed E-state index contributed by atoms with van der Waals surface area (Å²) in [5.74, 6) is -1.06. The topological polar surface area (TPSA) is 88.6 Å². The molecule has 0 saturated heterocycles. The van der Waals surface area contributed by atoms with Crippen LogP contribution in [0.3, 0.4) is 0 Å². The minimum atomic E-state index is -1.06. The fourth-order valence-electron chi connectivity index (χ4n) is 2.07. The number of hydrogen-bond acceptors (Lipinski definition) is 6. The predicted molar refractivity (Wildman–Crippen MR) is 98.1 cm³/mol. The second kappa shape index (κ2) is 7.06. The van der Waals surface area contributed by atoms with E-state index in [9.17, 15) is 9.90 Å². The van der Waals surface area contributed by atoms with Crippen LogP contribution in [0.15, 0.2) is 51.0 Å². The van der Waals surface area contributed by atoms with Gasteiger partial charge in [-0.15, -0.1) is 11.8 Å². The molecule has 0 saturated carbocycles. The lowest BCUT2D eigenvalue weighted by Gasteiger charge is -2.09. The van der Waals surface area contributed by atoms with Gasteiger partial charge in [0.05, 0.1) is 16.4 Å². The van der Waals surface area contributed by atoms with Gasteiger partial charge in [-0.05, 0) is 37.8 Å². The Hall–Kier alpha value is -1.99. The number of aliphatic carboxylic acids is 1. The van der Waals surface area contributed by atoms with Gasteiger partial charge in [-0.25, -0.2) is 9.79 Å². The molecule has 0 bridgehead atoms. The van der Waals surface area contributed by atoms with E-state index in [4.69, 9.17) is 5.73 Å². The van der Waals surface area contributed by atoms with Crippen LogP contribution in [0, 0.1) is 6.92 Å². The number of hydrogen-bond donors (Lipinski definition) is 2. The standard InChI is InChI=1S/C16H17N3O2S2/c1-8-6-5-7-11(18-8)9(2)12-13(17)14(16(20)21)23-15(12)19-10(3)22-4/h5-7H,3,17H2,1-2,4H3,(H,20,21)/b12-9+,19-15+. The minimum Gasteiger partial charge on any atom is -0.477 e. The molecule has 0 radical (unpaired) electrons. The normalized spacial score (nSPS) is 18.5. The molecule has 0 atom stereocenters. The SMILES string of the molecule is C=C(/N=C1/SC(C(=O)O)=C(N)/C1=C(/C)c1cccc(C)n1)SC. The van der Waals surface area contributed by atoms with Crippen molar-refractivity contribution in [2.75, 3.05) is 6.26 Å². The Bertz CT molecular complexity index is 779. The summed E-state index contributed by atoms with van der Waals surface area (Å²) in [5.41, 5.74) is 9.33. The minimum absolute atomic E-state index is 0.0830. The molecule has 0 unspecified atom stereocenters. The smallest absolute Gasteiger partial charge is 0.344 e. The van der Waals surface area contributed by atoms with Crippen LogP contribution in [-0.4, -0.2) is 27.4 Å². The van der Waals surface area contributed by atoms with Crippen molar-refractivity contribution in [2.24, 2.45) is 10.7 Å². The molecule has 0 amide bonds. The summed E-state index contributed by atoms with van der Waals surface area (Å²) in [7, 11) is 0. The summed E-state index contributed by atoms with van der Waals surface area (Å²) in [6.45, 7) is 7.60. The number of nitrogens with two attached hydrogens (primary N) is 1.